The standard InChI is InChI=1S/C26H21ClF6N4O4S/c27-20-10-15(3-8-35-20)14-1-2-19(17(9-14)25(28,29)30)42(40,41)16-11-18(21(38)36-23(13-34)4-5-23)37(12-16)22(39)24(6-7-24)26(31,32)33/h1-3,8-10,16,18H,4-7,11-12H2,(H,36,38)/t16?,18-/m0/s1. The van der Waals surface area contributed by atoms with Gasteiger partial charge in [0.1, 0.15) is 22.1 Å². The fourth-order valence-corrected chi connectivity index (χ4v) is 7.23. The first-order valence-corrected chi connectivity index (χ1v) is 14.5. The summed E-state index contributed by atoms with van der Waals surface area (Å²) in [5, 5.41) is 9.83. The molecule has 16 heteroatoms. The van der Waals surface area contributed by atoms with E-state index in [0.29, 0.717) is 11.0 Å². The molecule has 2 atom stereocenters. The summed E-state index contributed by atoms with van der Waals surface area (Å²) >= 11 is 5.83. The first-order valence-electron chi connectivity index (χ1n) is 12.6. The van der Waals surface area contributed by atoms with Crippen LogP contribution in [0.1, 0.15) is 37.7 Å². The fourth-order valence-electron chi connectivity index (χ4n) is 5.16. The smallest absolute Gasteiger partial charge is 0.336 e. The molecule has 2 saturated carbocycles. The van der Waals surface area contributed by atoms with E-state index in [4.69, 9.17) is 11.6 Å². The molecule has 224 valence electrons. The Balaban J connectivity index is 1.53. The minimum absolute atomic E-state index is 0.0190. The molecule has 42 heavy (non-hydrogen) atoms. The maximum absolute atomic E-state index is 14.2. The molecule has 1 saturated heterocycles. The summed E-state index contributed by atoms with van der Waals surface area (Å²) in [5.41, 5.74) is -5.44. The van der Waals surface area contributed by atoms with Gasteiger partial charge in [0.2, 0.25) is 11.8 Å². The number of pyridine rings is 1. The Labute approximate surface area is 240 Å². The number of nitriles is 1. The van der Waals surface area contributed by atoms with Gasteiger partial charge in [0.05, 0.1) is 21.8 Å². The van der Waals surface area contributed by atoms with Crippen molar-refractivity contribution in [2.75, 3.05) is 6.54 Å². The predicted octanol–water partition coefficient (Wildman–Crippen LogP) is 4.68. The van der Waals surface area contributed by atoms with Crippen molar-refractivity contribution < 1.29 is 44.3 Å². The van der Waals surface area contributed by atoms with Crippen LogP contribution in [-0.2, 0) is 25.6 Å². The third-order valence-corrected chi connectivity index (χ3v) is 10.3. The van der Waals surface area contributed by atoms with E-state index < -0.39 is 92.5 Å². The van der Waals surface area contributed by atoms with Crippen LogP contribution in [0.15, 0.2) is 41.4 Å². The number of nitrogens with one attached hydrogen (secondary N) is 1. The highest BCUT2D eigenvalue weighted by Gasteiger charge is 2.70. The summed E-state index contributed by atoms with van der Waals surface area (Å²) in [6.45, 7) is -0.935. The minimum Gasteiger partial charge on any atom is -0.336 e. The molecule has 3 aliphatic rings. The highest BCUT2D eigenvalue weighted by atomic mass is 35.5. The molecule has 1 aliphatic heterocycles. The molecular formula is C26H21ClF6N4O4S. The normalized spacial score (nSPS) is 22.8. The molecule has 0 spiro atoms. The number of amides is 2. The number of carbonyl (C=O) groups is 2. The van der Waals surface area contributed by atoms with Crippen LogP contribution >= 0.6 is 11.6 Å². The molecule has 2 aliphatic carbocycles. The summed E-state index contributed by atoms with van der Waals surface area (Å²) in [6, 6.07) is 5.21. The zero-order valence-electron chi connectivity index (χ0n) is 21.4. The maximum atomic E-state index is 14.2. The van der Waals surface area contributed by atoms with Gasteiger partial charge in [-0.25, -0.2) is 13.4 Å². The van der Waals surface area contributed by atoms with Gasteiger partial charge >= 0.3 is 12.4 Å². The molecule has 2 aromatic rings. The lowest BCUT2D eigenvalue weighted by atomic mass is 10.0. The summed E-state index contributed by atoms with van der Waals surface area (Å²) in [5.74, 6) is -2.56. The molecule has 0 radical (unpaired) electrons. The number of carbonyl (C=O) groups excluding carboxylic acids is 2. The number of hydrogen-bond donors (Lipinski definition) is 1. The zero-order chi connectivity index (χ0) is 30.9. The molecule has 2 amide bonds. The van der Waals surface area contributed by atoms with E-state index in [1.807, 2.05) is 6.07 Å². The lowest BCUT2D eigenvalue weighted by molar-refractivity contribution is -0.199. The Morgan fingerprint density at radius 2 is 1.69 bits per heavy atom. The van der Waals surface area contributed by atoms with Crippen molar-refractivity contribution in [3.63, 3.8) is 0 Å². The van der Waals surface area contributed by atoms with Crippen LogP contribution in [0.5, 0.6) is 0 Å². The van der Waals surface area contributed by atoms with Gasteiger partial charge in [0, 0.05) is 12.7 Å². The molecule has 1 aromatic heterocycles. The Kier molecular flexibility index (Phi) is 7.05. The van der Waals surface area contributed by atoms with E-state index in [1.54, 1.807) is 0 Å². The molecule has 8 nitrogen and oxygen atoms in total. The van der Waals surface area contributed by atoms with Gasteiger partial charge in [0.25, 0.3) is 0 Å². The van der Waals surface area contributed by atoms with E-state index in [9.17, 15) is 49.6 Å². The molecule has 2 heterocycles. The van der Waals surface area contributed by atoms with E-state index in [1.165, 1.54) is 18.3 Å². The van der Waals surface area contributed by atoms with E-state index >= 15 is 0 Å². The fraction of sp³-hybridized carbons (Fsp3) is 0.462. The van der Waals surface area contributed by atoms with Crippen LogP contribution < -0.4 is 5.32 Å². The van der Waals surface area contributed by atoms with Crippen molar-refractivity contribution in [3.8, 4) is 17.2 Å². The number of nitrogens with zero attached hydrogens (tertiary/aromatic N) is 3. The molecule has 0 bridgehead atoms. The average molecular weight is 635 g/mol. The van der Waals surface area contributed by atoms with Gasteiger partial charge in [-0.1, -0.05) is 17.7 Å². The number of hydrogen-bond acceptors (Lipinski definition) is 6. The van der Waals surface area contributed by atoms with Gasteiger partial charge in [-0.05, 0) is 67.5 Å². The first-order chi connectivity index (χ1) is 19.4. The summed E-state index contributed by atoms with van der Waals surface area (Å²) in [6.07, 6.45) is -10.3. The number of likely N-dealkylation sites (tertiary alicyclic amines) is 1. The van der Waals surface area contributed by atoms with Gasteiger partial charge in [-0.2, -0.15) is 31.6 Å². The van der Waals surface area contributed by atoms with Crippen molar-refractivity contribution in [1.29, 1.82) is 5.26 Å². The third-order valence-electron chi connectivity index (χ3n) is 7.94. The van der Waals surface area contributed by atoms with Crippen LogP contribution in [0, 0.1) is 16.7 Å². The van der Waals surface area contributed by atoms with Crippen LogP contribution in [0.2, 0.25) is 5.15 Å². The van der Waals surface area contributed by atoms with Crippen LogP contribution in [-0.4, -0.2) is 59.7 Å². The van der Waals surface area contributed by atoms with Crippen LogP contribution in [0.3, 0.4) is 0 Å². The topological polar surface area (TPSA) is 120 Å². The van der Waals surface area contributed by atoms with Gasteiger partial charge in [0.15, 0.2) is 9.84 Å². The van der Waals surface area contributed by atoms with Crippen molar-refractivity contribution in [2.45, 2.75) is 66.2 Å². The number of sulfone groups is 1. The second-order valence-electron chi connectivity index (χ2n) is 10.7. The van der Waals surface area contributed by atoms with Gasteiger partial charge < -0.3 is 10.2 Å². The van der Waals surface area contributed by atoms with Crippen LogP contribution in [0.25, 0.3) is 11.1 Å². The van der Waals surface area contributed by atoms with Crippen LogP contribution in [0.4, 0.5) is 26.3 Å². The molecular weight excluding hydrogens is 614 g/mol. The van der Waals surface area contributed by atoms with E-state index in [0.717, 1.165) is 12.1 Å². The number of rotatable bonds is 6. The highest BCUT2D eigenvalue weighted by Crippen LogP contribution is 2.59. The summed E-state index contributed by atoms with van der Waals surface area (Å²) in [7, 11) is -4.97. The molecule has 1 N–H and O–H groups in total. The van der Waals surface area contributed by atoms with Crippen molar-refractivity contribution in [1.82, 2.24) is 15.2 Å². The lowest BCUT2D eigenvalue weighted by Gasteiger charge is -2.29. The second kappa shape index (κ2) is 9.84. The van der Waals surface area contributed by atoms with Crippen molar-refractivity contribution in [3.05, 3.63) is 47.2 Å². The SMILES string of the molecule is N#CC1(NC(=O)[C@@H]2CC(S(=O)(=O)c3ccc(-c4ccnc(Cl)c4)cc3C(F)(F)F)CN2C(=O)C2(C(F)(F)F)CC2)CC1. The highest BCUT2D eigenvalue weighted by molar-refractivity contribution is 7.92. The Hall–Kier alpha value is -3.38. The van der Waals surface area contributed by atoms with E-state index in [2.05, 4.69) is 10.3 Å². The Bertz CT molecular complexity index is 1610. The Morgan fingerprint density at radius 1 is 1.05 bits per heavy atom. The quantitative estimate of drug-likeness (QED) is 0.364. The maximum Gasteiger partial charge on any atom is 0.417 e. The van der Waals surface area contributed by atoms with Gasteiger partial charge in [-0.3, -0.25) is 9.59 Å². The summed E-state index contributed by atoms with van der Waals surface area (Å²) < 4.78 is 111. The monoisotopic (exact) mass is 634 g/mol. The Morgan fingerprint density at radius 3 is 2.21 bits per heavy atom. The molecule has 1 aromatic carbocycles. The predicted molar refractivity (Wildman–Crippen MR) is 134 cm³/mol. The van der Waals surface area contributed by atoms with Gasteiger partial charge in [-0.15, -0.1) is 0 Å². The number of halogens is 7. The molecule has 3 fully saturated rings. The molecule has 5 rings (SSSR count). The average Bonchev–Trinajstić information content (AvgIpc) is 3.83. The lowest BCUT2D eigenvalue weighted by Crippen LogP contribution is -2.53. The summed E-state index contributed by atoms with van der Waals surface area (Å²) in [4.78, 5) is 29.4. The number of aromatic nitrogens is 1. The number of alkyl halides is 6. The largest absolute Gasteiger partial charge is 0.417 e. The van der Waals surface area contributed by atoms with Crippen molar-refractivity contribution >= 4 is 33.3 Å². The van der Waals surface area contributed by atoms with E-state index in [-0.39, 0.29) is 29.1 Å². The first kappa shape index (κ1) is 30.1. The second-order valence-corrected chi connectivity index (χ2v) is 13.3. The minimum atomic E-state index is -5.17. The molecule has 1 unspecified atom stereocenters. The zero-order valence-corrected chi connectivity index (χ0v) is 23.0. The third kappa shape index (κ3) is 5.19. The van der Waals surface area contributed by atoms with Crippen molar-refractivity contribution in [2.24, 2.45) is 5.41 Å². The number of benzene rings is 1.